The molecule has 2 nitrogen and oxygen atoms in total. The number of thiazole rings is 1. The Hall–Kier alpha value is -1.66. The lowest BCUT2D eigenvalue weighted by Crippen LogP contribution is -2.32. The van der Waals surface area contributed by atoms with Crippen molar-refractivity contribution >= 4 is 11.3 Å². The van der Waals surface area contributed by atoms with Crippen LogP contribution in [0.3, 0.4) is 0 Å². The first kappa shape index (κ1) is 12.4. The van der Waals surface area contributed by atoms with E-state index in [0.717, 1.165) is 35.5 Å². The molecule has 0 spiro atoms. The molecule has 0 atom stereocenters. The Labute approximate surface area is 117 Å². The second-order valence-electron chi connectivity index (χ2n) is 5.38. The zero-order valence-electron chi connectivity index (χ0n) is 11.2. The van der Waals surface area contributed by atoms with E-state index in [0.29, 0.717) is 0 Å². The molecule has 96 valence electrons. The van der Waals surface area contributed by atoms with Gasteiger partial charge in [0.1, 0.15) is 10.4 Å². The summed E-state index contributed by atoms with van der Waals surface area (Å²) in [5.41, 5.74) is 4.42. The van der Waals surface area contributed by atoms with E-state index in [1.165, 1.54) is 11.1 Å². The van der Waals surface area contributed by atoms with Crippen LogP contribution in [0.4, 0.5) is 0 Å². The van der Waals surface area contributed by atoms with E-state index in [1.54, 1.807) is 11.3 Å². The smallest absolute Gasteiger partial charge is 0.123 e. The van der Waals surface area contributed by atoms with Crippen molar-refractivity contribution in [3.63, 3.8) is 0 Å². The number of aromatic nitrogens is 1. The summed E-state index contributed by atoms with van der Waals surface area (Å²) in [7, 11) is 0. The van der Waals surface area contributed by atoms with Crippen molar-refractivity contribution in [2.75, 3.05) is 0 Å². The van der Waals surface area contributed by atoms with Crippen molar-refractivity contribution < 1.29 is 0 Å². The lowest BCUT2D eigenvalue weighted by atomic mass is 9.68. The molecule has 3 rings (SSSR count). The Bertz CT molecular complexity index is 660. The normalized spacial score (nSPS) is 16.7. The molecule has 1 aromatic carbocycles. The van der Waals surface area contributed by atoms with Crippen LogP contribution < -0.4 is 0 Å². The SMILES string of the molecule is Cc1ccc(-c2nc(C3(C#N)CCC3)cs2)cc1C. The quantitative estimate of drug-likeness (QED) is 0.810. The molecule has 1 heterocycles. The van der Waals surface area contributed by atoms with Gasteiger partial charge in [-0.3, -0.25) is 0 Å². The first-order valence-electron chi connectivity index (χ1n) is 6.59. The Kier molecular flexibility index (Phi) is 2.91. The van der Waals surface area contributed by atoms with Gasteiger partial charge in [0.25, 0.3) is 0 Å². The highest BCUT2D eigenvalue weighted by Gasteiger charge is 2.41. The van der Waals surface area contributed by atoms with Gasteiger partial charge < -0.3 is 0 Å². The first-order valence-corrected chi connectivity index (χ1v) is 7.47. The molecule has 3 heteroatoms. The number of hydrogen-bond donors (Lipinski definition) is 0. The number of hydrogen-bond acceptors (Lipinski definition) is 3. The maximum Gasteiger partial charge on any atom is 0.123 e. The van der Waals surface area contributed by atoms with E-state index in [1.807, 2.05) is 0 Å². The van der Waals surface area contributed by atoms with Gasteiger partial charge in [-0.05, 0) is 50.3 Å². The molecule has 0 radical (unpaired) electrons. The van der Waals surface area contributed by atoms with Crippen molar-refractivity contribution in [2.45, 2.75) is 38.5 Å². The standard InChI is InChI=1S/C16H16N2S/c1-11-4-5-13(8-12(11)2)15-18-14(9-19-15)16(10-17)6-3-7-16/h4-5,8-9H,3,6-7H2,1-2H3. The zero-order valence-corrected chi connectivity index (χ0v) is 12.0. The Morgan fingerprint density at radius 3 is 2.63 bits per heavy atom. The maximum atomic E-state index is 9.36. The van der Waals surface area contributed by atoms with Crippen LogP contribution in [0.25, 0.3) is 10.6 Å². The van der Waals surface area contributed by atoms with Crippen LogP contribution in [0.15, 0.2) is 23.6 Å². The van der Waals surface area contributed by atoms with Crippen LogP contribution >= 0.6 is 11.3 Å². The number of rotatable bonds is 2. The van der Waals surface area contributed by atoms with Crippen LogP contribution in [0.2, 0.25) is 0 Å². The third-order valence-corrected chi connectivity index (χ3v) is 5.06. The summed E-state index contributed by atoms with van der Waals surface area (Å²) >= 11 is 1.65. The zero-order chi connectivity index (χ0) is 13.5. The van der Waals surface area contributed by atoms with Crippen LogP contribution in [0.5, 0.6) is 0 Å². The number of nitriles is 1. The van der Waals surface area contributed by atoms with E-state index in [2.05, 4.69) is 43.5 Å². The van der Waals surface area contributed by atoms with E-state index in [-0.39, 0.29) is 5.41 Å². The highest BCUT2D eigenvalue weighted by molar-refractivity contribution is 7.13. The summed E-state index contributed by atoms with van der Waals surface area (Å²) < 4.78 is 0. The monoisotopic (exact) mass is 268 g/mol. The topological polar surface area (TPSA) is 36.7 Å². The maximum absolute atomic E-state index is 9.36. The Morgan fingerprint density at radius 2 is 2.05 bits per heavy atom. The molecule has 0 amide bonds. The molecule has 0 N–H and O–H groups in total. The largest absolute Gasteiger partial charge is 0.239 e. The minimum Gasteiger partial charge on any atom is -0.239 e. The molecule has 19 heavy (non-hydrogen) atoms. The summed E-state index contributed by atoms with van der Waals surface area (Å²) in [4.78, 5) is 4.71. The van der Waals surface area contributed by atoms with Gasteiger partial charge in [-0.15, -0.1) is 11.3 Å². The van der Waals surface area contributed by atoms with Crippen molar-refractivity contribution in [3.05, 3.63) is 40.4 Å². The fraction of sp³-hybridized carbons (Fsp3) is 0.375. The summed E-state index contributed by atoms with van der Waals surface area (Å²) in [5.74, 6) is 0. The van der Waals surface area contributed by atoms with Crippen molar-refractivity contribution in [1.82, 2.24) is 4.98 Å². The lowest BCUT2D eigenvalue weighted by Gasteiger charge is -2.33. The molecule has 0 saturated heterocycles. The first-order chi connectivity index (χ1) is 9.14. The molecule has 0 aliphatic heterocycles. The second kappa shape index (κ2) is 4.47. The predicted molar refractivity (Wildman–Crippen MR) is 78.2 cm³/mol. The van der Waals surface area contributed by atoms with Gasteiger partial charge in [-0.25, -0.2) is 4.98 Å². The number of benzene rings is 1. The van der Waals surface area contributed by atoms with Crippen LogP contribution in [0.1, 0.15) is 36.1 Å². The minimum absolute atomic E-state index is 0.297. The van der Waals surface area contributed by atoms with Gasteiger partial charge in [0, 0.05) is 10.9 Å². The third-order valence-electron chi connectivity index (χ3n) is 4.17. The predicted octanol–water partition coefficient (Wildman–Crippen LogP) is 4.37. The molecule has 0 bridgehead atoms. The lowest BCUT2D eigenvalue weighted by molar-refractivity contribution is 0.317. The molecule has 2 aromatic rings. The molecule has 1 aliphatic rings. The van der Waals surface area contributed by atoms with E-state index >= 15 is 0 Å². The summed E-state index contributed by atoms with van der Waals surface area (Å²) in [6, 6.07) is 8.89. The second-order valence-corrected chi connectivity index (χ2v) is 6.24. The Balaban J connectivity index is 1.97. The fourth-order valence-corrected chi connectivity index (χ4v) is 3.37. The molecule has 0 unspecified atom stereocenters. The highest BCUT2D eigenvalue weighted by atomic mass is 32.1. The third kappa shape index (κ3) is 1.97. The van der Waals surface area contributed by atoms with Crippen LogP contribution in [0, 0.1) is 25.2 Å². The highest BCUT2D eigenvalue weighted by Crippen LogP contribution is 2.44. The van der Waals surface area contributed by atoms with Gasteiger partial charge in [0.15, 0.2) is 0 Å². The average molecular weight is 268 g/mol. The minimum atomic E-state index is -0.297. The van der Waals surface area contributed by atoms with E-state index < -0.39 is 0 Å². The van der Waals surface area contributed by atoms with Gasteiger partial charge in [0.05, 0.1) is 11.8 Å². The molecule has 1 aliphatic carbocycles. The molecule has 1 fully saturated rings. The summed E-state index contributed by atoms with van der Waals surface area (Å²) in [6.07, 6.45) is 3.06. The summed E-state index contributed by atoms with van der Waals surface area (Å²) in [5, 5.41) is 12.5. The van der Waals surface area contributed by atoms with E-state index in [4.69, 9.17) is 4.98 Å². The van der Waals surface area contributed by atoms with Crippen LogP contribution in [-0.4, -0.2) is 4.98 Å². The molecular weight excluding hydrogens is 252 g/mol. The molecule has 1 aromatic heterocycles. The summed E-state index contributed by atoms with van der Waals surface area (Å²) in [6.45, 7) is 4.24. The average Bonchev–Trinajstić information content (AvgIpc) is 2.82. The molecular formula is C16H16N2S. The Morgan fingerprint density at radius 1 is 1.26 bits per heavy atom. The number of nitrogens with zero attached hydrogens (tertiary/aromatic N) is 2. The van der Waals surface area contributed by atoms with Gasteiger partial charge in [-0.2, -0.15) is 5.26 Å². The van der Waals surface area contributed by atoms with Crippen molar-refractivity contribution in [3.8, 4) is 16.6 Å². The van der Waals surface area contributed by atoms with Crippen molar-refractivity contribution in [1.29, 1.82) is 5.26 Å². The van der Waals surface area contributed by atoms with Crippen LogP contribution in [-0.2, 0) is 5.41 Å². The van der Waals surface area contributed by atoms with Gasteiger partial charge in [0.2, 0.25) is 0 Å². The van der Waals surface area contributed by atoms with Gasteiger partial charge in [-0.1, -0.05) is 12.1 Å². The van der Waals surface area contributed by atoms with E-state index in [9.17, 15) is 5.26 Å². The van der Waals surface area contributed by atoms with Crippen molar-refractivity contribution in [2.24, 2.45) is 0 Å². The molecule has 1 saturated carbocycles. The number of aryl methyl sites for hydroxylation is 2. The van der Waals surface area contributed by atoms with Gasteiger partial charge >= 0.3 is 0 Å². The fourth-order valence-electron chi connectivity index (χ4n) is 2.46.